The summed E-state index contributed by atoms with van der Waals surface area (Å²) in [5.74, 6) is -2.00. The van der Waals surface area contributed by atoms with Crippen LogP contribution < -0.4 is 24.8 Å². The monoisotopic (exact) mass is 834 g/mol. The number of amides is 3. The maximum atomic E-state index is 16.5. The largest absolute Gasteiger partial charge is 0.487 e. The van der Waals surface area contributed by atoms with Gasteiger partial charge in [-0.2, -0.15) is 13.5 Å². The van der Waals surface area contributed by atoms with Crippen LogP contribution in [-0.2, 0) is 44.8 Å². The highest BCUT2D eigenvalue weighted by Crippen LogP contribution is 2.41. The molecule has 6 aromatic rings. The highest BCUT2D eigenvalue weighted by molar-refractivity contribution is 7.92. The molecule has 0 aliphatic carbocycles. The van der Waals surface area contributed by atoms with E-state index in [0.717, 1.165) is 61.1 Å². The number of likely N-dealkylation sites (tertiary alicyclic amines) is 1. The van der Waals surface area contributed by atoms with E-state index in [9.17, 15) is 27.6 Å². The van der Waals surface area contributed by atoms with E-state index in [1.54, 1.807) is 36.0 Å². The van der Waals surface area contributed by atoms with E-state index < -0.39 is 40.4 Å². The zero-order chi connectivity index (χ0) is 41.7. The summed E-state index contributed by atoms with van der Waals surface area (Å²) < 4.78 is 55.9. The van der Waals surface area contributed by atoms with Crippen LogP contribution in [0.1, 0.15) is 55.2 Å². The van der Waals surface area contributed by atoms with Gasteiger partial charge in [-0.05, 0) is 97.6 Å². The maximum absolute atomic E-state index is 16.5. The molecule has 0 bridgehead atoms. The summed E-state index contributed by atoms with van der Waals surface area (Å²) >= 11 is 0. The first-order chi connectivity index (χ1) is 28.9. The minimum Gasteiger partial charge on any atom is -0.487 e. The van der Waals surface area contributed by atoms with Crippen LogP contribution in [0, 0.1) is 5.82 Å². The summed E-state index contributed by atoms with van der Waals surface area (Å²) in [7, 11) is -2.61. The average Bonchev–Trinajstić information content (AvgIpc) is 3.90. The molecule has 5 heterocycles. The zero-order valence-corrected chi connectivity index (χ0v) is 33.7. The van der Waals surface area contributed by atoms with Gasteiger partial charge in [0.1, 0.15) is 30.6 Å². The smallest absolute Gasteiger partial charge is 0.329 e. The zero-order valence-electron chi connectivity index (χ0n) is 32.8. The number of aryl methyl sites for hydroxylation is 2. The summed E-state index contributed by atoms with van der Waals surface area (Å²) in [6.07, 6.45) is 6.94. The number of piperidine rings is 2. The van der Waals surface area contributed by atoms with E-state index in [1.165, 1.54) is 4.57 Å². The van der Waals surface area contributed by atoms with Gasteiger partial charge in [0.15, 0.2) is 5.82 Å². The maximum Gasteiger partial charge on any atom is 0.329 e. The van der Waals surface area contributed by atoms with Gasteiger partial charge in [-0.25, -0.2) is 18.2 Å². The number of carbonyl (C=O) groups is 3. The number of hydrogen-bond donors (Lipinski definition) is 2. The lowest BCUT2D eigenvalue weighted by atomic mass is 9.89. The van der Waals surface area contributed by atoms with Crippen LogP contribution in [-0.4, -0.2) is 76.1 Å². The van der Waals surface area contributed by atoms with Gasteiger partial charge in [-0.15, -0.1) is 0 Å². The highest BCUT2D eigenvalue weighted by atomic mass is 32.2. The van der Waals surface area contributed by atoms with Crippen molar-refractivity contribution in [2.24, 2.45) is 7.05 Å². The Morgan fingerprint density at radius 3 is 2.43 bits per heavy atom. The molecule has 3 aliphatic rings. The van der Waals surface area contributed by atoms with Gasteiger partial charge in [0.25, 0.3) is 5.91 Å². The number of imide groups is 1. The van der Waals surface area contributed by atoms with Gasteiger partial charge < -0.3 is 9.64 Å². The number of aromatic nitrogens is 4. The predicted molar refractivity (Wildman–Crippen MR) is 222 cm³/mol. The highest BCUT2D eigenvalue weighted by Gasteiger charge is 2.38. The molecule has 1 unspecified atom stereocenters. The van der Waals surface area contributed by atoms with Crippen molar-refractivity contribution < 1.29 is 31.9 Å². The lowest BCUT2D eigenvalue weighted by Gasteiger charge is -2.32. The third kappa shape index (κ3) is 7.42. The van der Waals surface area contributed by atoms with Gasteiger partial charge in [0.05, 0.1) is 17.2 Å². The Labute approximate surface area is 344 Å². The molecular formula is C43H43FN8O7S. The fourth-order valence-corrected chi connectivity index (χ4v) is 9.83. The summed E-state index contributed by atoms with van der Waals surface area (Å²) in [6, 6.07) is 21.4. The topological polar surface area (TPSA) is 170 Å². The molecule has 9 rings (SSSR count). The third-order valence-corrected chi connectivity index (χ3v) is 13.2. The number of halogens is 1. The molecule has 1 atom stereocenters. The van der Waals surface area contributed by atoms with Gasteiger partial charge in [-0.3, -0.25) is 33.5 Å². The predicted octanol–water partition coefficient (Wildman–Crippen LogP) is 4.50. The number of benzene rings is 4. The summed E-state index contributed by atoms with van der Waals surface area (Å²) in [5.41, 5.74) is 4.30. The van der Waals surface area contributed by atoms with Crippen LogP contribution in [0.25, 0.3) is 32.9 Å². The average molecular weight is 835 g/mol. The van der Waals surface area contributed by atoms with E-state index in [4.69, 9.17) is 4.74 Å². The van der Waals surface area contributed by atoms with E-state index in [1.807, 2.05) is 58.1 Å². The van der Waals surface area contributed by atoms with Gasteiger partial charge in [0.2, 0.25) is 11.8 Å². The second kappa shape index (κ2) is 15.7. The summed E-state index contributed by atoms with van der Waals surface area (Å²) in [5, 5.41) is 7.61. The van der Waals surface area contributed by atoms with Crippen LogP contribution in [0.4, 0.5) is 10.1 Å². The van der Waals surface area contributed by atoms with Crippen LogP contribution in [0.2, 0.25) is 0 Å². The van der Waals surface area contributed by atoms with Crippen LogP contribution in [0.15, 0.2) is 90.0 Å². The van der Waals surface area contributed by atoms with Crippen molar-refractivity contribution in [1.29, 1.82) is 0 Å². The molecule has 0 saturated carbocycles. The van der Waals surface area contributed by atoms with E-state index >= 15 is 4.39 Å². The van der Waals surface area contributed by atoms with Crippen molar-refractivity contribution in [3.05, 3.63) is 113 Å². The van der Waals surface area contributed by atoms with Crippen molar-refractivity contribution in [3.63, 3.8) is 0 Å². The number of nitrogens with zero attached hydrogens (tertiary/aromatic N) is 6. The van der Waals surface area contributed by atoms with Crippen molar-refractivity contribution in [1.82, 2.24) is 33.9 Å². The number of ether oxygens (including phenoxy) is 1. The summed E-state index contributed by atoms with van der Waals surface area (Å²) in [6.45, 7) is 2.92. The van der Waals surface area contributed by atoms with Crippen LogP contribution in [0.3, 0.4) is 0 Å². The first-order valence-electron chi connectivity index (χ1n) is 20.0. The number of hydrogen-bond acceptors (Lipinski definition) is 9. The standard InChI is InChI=1S/C43H43FN8O7S/c1-48-36-21-30(10-11-34(36)52(43(48)56)35-12-13-38(53)46-42(35)55)28-14-18-49(19-15-28)16-5-17-50-24-32(23-45-50)29-8-9-31-22-37(59-26-27-6-3-2-4-7-27)41(40(44)33(31)20-29)51-25-39(54)47-60(51,57)58/h2-4,6-11,20-24,28,35H,5,12-19,25-26H2,1H3,(H,47,54)(H,46,53,55). The lowest BCUT2D eigenvalue weighted by molar-refractivity contribution is -0.135. The molecule has 2 aromatic heterocycles. The number of carbonyl (C=O) groups excluding carboxylic acids is 3. The molecule has 2 N–H and O–H groups in total. The van der Waals surface area contributed by atoms with Gasteiger partial charge >= 0.3 is 15.9 Å². The molecule has 3 amide bonds. The molecule has 3 fully saturated rings. The van der Waals surface area contributed by atoms with Crippen LogP contribution >= 0.6 is 0 Å². The molecule has 3 aliphatic heterocycles. The van der Waals surface area contributed by atoms with Crippen molar-refractivity contribution in [2.45, 2.75) is 57.2 Å². The second-order valence-corrected chi connectivity index (χ2v) is 17.3. The lowest BCUT2D eigenvalue weighted by Crippen LogP contribution is -2.44. The minimum absolute atomic E-state index is 0.00238. The first-order valence-corrected chi connectivity index (χ1v) is 21.4. The molecule has 0 radical (unpaired) electrons. The Balaban J connectivity index is 0.843. The minimum atomic E-state index is -4.32. The van der Waals surface area contributed by atoms with E-state index in [0.29, 0.717) is 39.7 Å². The van der Waals surface area contributed by atoms with Crippen molar-refractivity contribution in [2.75, 3.05) is 30.5 Å². The molecule has 310 valence electrons. The number of fused-ring (bicyclic) bond motifs is 2. The Bertz CT molecular complexity index is 2850. The Morgan fingerprint density at radius 2 is 1.68 bits per heavy atom. The molecule has 15 nitrogen and oxygen atoms in total. The molecule has 0 spiro atoms. The quantitative estimate of drug-likeness (QED) is 0.179. The van der Waals surface area contributed by atoms with Crippen LogP contribution in [0.5, 0.6) is 5.75 Å². The number of imidazole rings is 1. The fourth-order valence-electron chi connectivity index (χ4n) is 8.67. The van der Waals surface area contributed by atoms with E-state index in [2.05, 4.69) is 27.4 Å². The van der Waals surface area contributed by atoms with Gasteiger partial charge in [-0.1, -0.05) is 48.5 Å². The summed E-state index contributed by atoms with van der Waals surface area (Å²) in [4.78, 5) is 52.1. The SMILES string of the molecule is Cn1c(=O)n(C2CCC(=O)NC2=O)c2ccc(C3CCN(CCCn4cc(-c5ccc6cc(OCc7ccccc7)c(N7CC(=O)NS7(=O)=O)c(F)c6c5)cn4)CC3)cc21. The second-order valence-electron chi connectivity index (χ2n) is 15.7. The van der Waals surface area contributed by atoms with Crippen molar-refractivity contribution >= 4 is 55.4 Å². The molecule has 60 heavy (non-hydrogen) atoms. The van der Waals surface area contributed by atoms with E-state index in [-0.39, 0.29) is 41.4 Å². The first kappa shape index (κ1) is 39.1. The third-order valence-electron chi connectivity index (χ3n) is 11.8. The fraction of sp³-hybridized carbons (Fsp3) is 0.326. The Morgan fingerprint density at radius 1 is 0.883 bits per heavy atom. The Kier molecular flexibility index (Phi) is 10.2. The van der Waals surface area contributed by atoms with Crippen molar-refractivity contribution in [3.8, 4) is 16.9 Å². The number of nitrogens with one attached hydrogen (secondary N) is 2. The molecule has 3 saturated heterocycles. The normalized spacial score (nSPS) is 18.7. The molecule has 17 heteroatoms. The number of anilines is 1. The molecular weight excluding hydrogens is 792 g/mol. The number of rotatable bonds is 11. The molecule has 4 aromatic carbocycles. The van der Waals surface area contributed by atoms with Gasteiger partial charge in [0, 0.05) is 37.2 Å². The Hall–Kier alpha value is -6.33.